The van der Waals surface area contributed by atoms with E-state index in [9.17, 15) is 0 Å². The number of likely N-dealkylation sites (N-methyl/N-ethyl adjacent to an activating group) is 1. The molecule has 1 N–H and O–H groups in total. The van der Waals surface area contributed by atoms with Crippen LogP contribution in [0.1, 0.15) is 25.3 Å². The van der Waals surface area contributed by atoms with Gasteiger partial charge in [-0.3, -0.25) is 0 Å². The summed E-state index contributed by atoms with van der Waals surface area (Å²) in [5.74, 6) is 0.964. The van der Waals surface area contributed by atoms with Crippen molar-refractivity contribution in [2.24, 2.45) is 0 Å². The van der Waals surface area contributed by atoms with E-state index in [0.29, 0.717) is 6.04 Å². The summed E-state index contributed by atoms with van der Waals surface area (Å²) in [6, 6.07) is 8.63. The van der Waals surface area contributed by atoms with Crippen LogP contribution in [0.2, 0.25) is 0 Å². The maximum Gasteiger partial charge on any atom is 0.119 e. The normalized spacial score (nSPS) is 12.5. The van der Waals surface area contributed by atoms with Gasteiger partial charge in [-0.2, -0.15) is 0 Å². The predicted octanol–water partition coefficient (Wildman–Crippen LogP) is 2.76. The minimum absolute atomic E-state index is 0.454. The lowest BCUT2D eigenvalue weighted by atomic mass is 10.2. The fraction of sp³-hybridized carbons (Fsp3) is 0.538. The molecule has 1 unspecified atom stereocenters. The molecular weight excluding hydrogens is 186 g/mol. The van der Waals surface area contributed by atoms with Crippen molar-refractivity contribution in [2.45, 2.75) is 32.7 Å². The van der Waals surface area contributed by atoms with Gasteiger partial charge < -0.3 is 10.1 Å². The van der Waals surface area contributed by atoms with Gasteiger partial charge in [0.2, 0.25) is 0 Å². The van der Waals surface area contributed by atoms with Crippen molar-refractivity contribution in [1.29, 1.82) is 0 Å². The lowest BCUT2D eigenvalue weighted by molar-refractivity contribution is 0.262. The van der Waals surface area contributed by atoms with Gasteiger partial charge in [0.05, 0.1) is 0 Å². The number of benzene rings is 1. The van der Waals surface area contributed by atoms with Crippen LogP contribution in [0.5, 0.6) is 5.75 Å². The molecule has 0 aromatic heterocycles. The first-order chi connectivity index (χ1) is 7.26. The first kappa shape index (κ1) is 12.1. The molecule has 1 aromatic rings. The van der Waals surface area contributed by atoms with Gasteiger partial charge in [0.1, 0.15) is 12.4 Å². The third kappa shape index (κ3) is 4.34. The third-order valence-electron chi connectivity index (χ3n) is 2.49. The minimum atomic E-state index is 0.454. The Bertz CT molecular complexity index is 286. The predicted molar refractivity (Wildman–Crippen MR) is 64.4 cm³/mol. The topological polar surface area (TPSA) is 21.3 Å². The summed E-state index contributed by atoms with van der Waals surface area (Å²) in [6.07, 6.45) is 2.34. The van der Waals surface area contributed by atoms with E-state index in [1.54, 1.807) is 0 Å². The Labute approximate surface area is 92.6 Å². The van der Waals surface area contributed by atoms with E-state index in [-0.39, 0.29) is 0 Å². The third-order valence-corrected chi connectivity index (χ3v) is 2.49. The van der Waals surface area contributed by atoms with Crippen molar-refractivity contribution in [3.05, 3.63) is 29.8 Å². The minimum Gasteiger partial charge on any atom is -0.492 e. The monoisotopic (exact) mass is 207 g/mol. The van der Waals surface area contributed by atoms with Crippen LogP contribution in [0.15, 0.2) is 24.3 Å². The fourth-order valence-corrected chi connectivity index (χ4v) is 1.56. The molecule has 0 aliphatic rings. The Morgan fingerprint density at radius 2 is 2.20 bits per heavy atom. The highest BCUT2D eigenvalue weighted by Crippen LogP contribution is 2.12. The zero-order chi connectivity index (χ0) is 11.1. The molecular formula is C13H21NO. The number of aryl methyl sites for hydroxylation is 1. The van der Waals surface area contributed by atoms with Crippen LogP contribution in [0.3, 0.4) is 0 Å². The quantitative estimate of drug-likeness (QED) is 0.774. The summed E-state index contributed by atoms with van der Waals surface area (Å²) in [5, 5.41) is 3.26. The Kier molecular flexibility index (Phi) is 5.19. The first-order valence-electron chi connectivity index (χ1n) is 5.63. The standard InChI is InChI=1S/C13H21NO/c1-4-6-12(14-3)10-15-13-8-5-7-11(2)9-13/h5,7-9,12,14H,4,6,10H2,1-3H3. The van der Waals surface area contributed by atoms with Crippen LogP contribution in [0, 0.1) is 6.92 Å². The summed E-state index contributed by atoms with van der Waals surface area (Å²) in [4.78, 5) is 0. The van der Waals surface area contributed by atoms with Crippen LogP contribution < -0.4 is 10.1 Å². The van der Waals surface area contributed by atoms with Crippen molar-refractivity contribution >= 4 is 0 Å². The number of ether oxygens (including phenoxy) is 1. The van der Waals surface area contributed by atoms with Gasteiger partial charge in [0.15, 0.2) is 0 Å². The fourth-order valence-electron chi connectivity index (χ4n) is 1.56. The molecule has 0 amide bonds. The molecule has 1 aromatic carbocycles. The Hall–Kier alpha value is -1.02. The summed E-state index contributed by atoms with van der Waals surface area (Å²) < 4.78 is 5.73. The van der Waals surface area contributed by atoms with Gasteiger partial charge in [-0.15, -0.1) is 0 Å². The SMILES string of the molecule is CCCC(COc1cccc(C)c1)NC. The summed E-state index contributed by atoms with van der Waals surface area (Å²) >= 11 is 0. The van der Waals surface area contributed by atoms with Crippen molar-refractivity contribution < 1.29 is 4.74 Å². The van der Waals surface area contributed by atoms with E-state index in [1.807, 2.05) is 19.2 Å². The van der Waals surface area contributed by atoms with E-state index in [2.05, 4.69) is 31.3 Å². The van der Waals surface area contributed by atoms with Crippen molar-refractivity contribution in [3.8, 4) is 5.75 Å². The average molecular weight is 207 g/mol. The second-order valence-corrected chi connectivity index (χ2v) is 3.90. The molecule has 0 aliphatic carbocycles. The molecule has 0 heterocycles. The van der Waals surface area contributed by atoms with Gasteiger partial charge in [-0.1, -0.05) is 25.5 Å². The Morgan fingerprint density at radius 3 is 2.80 bits per heavy atom. The molecule has 0 bridgehead atoms. The molecule has 2 heteroatoms. The second kappa shape index (κ2) is 6.46. The molecule has 0 spiro atoms. The van der Waals surface area contributed by atoms with Gasteiger partial charge in [-0.05, 0) is 38.1 Å². The smallest absolute Gasteiger partial charge is 0.119 e. The van der Waals surface area contributed by atoms with Crippen molar-refractivity contribution in [3.63, 3.8) is 0 Å². The van der Waals surface area contributed by atoms with Crippen LogP contribution in [-0.2, 0) is 0 Å². The first-order valence-corrected chi connectivity index (χ1v) is 5.63. The average Bonchev–Trinajstić information content (AvgIpc) is 2.24. The van der Waals surface area contributed by atoms with Crippen molar-refractivity contribution in [1.82, 2.24) is 5.32 Å². The van der Waals surface area contributed by atoms with Crippen LogP contribution in [0.25, 0.3) is 0 Å². The molecule has 0 saturated heterocycles. The van der Waals surface area contributed by atoms with E-state index in [0.717, 1.165) is 18.8 Å². The molecule has 0 radical (unpaired) electrons. The summed E-state index contributed by atoms with van der Waals surface area (Å²) in [5.41, 5.74) is 1.24. The highest BCUT2D eigenvalue weighted by molar-refractivity contribution is 5.27. The zero-order valence-corrected chi connectivity index (χ0v) is 9.92. The van der Waals surface area contributed by atoms with E-state index < -0.39 is 0 Å². The molecule has 2 nitrogen and oxygen atoms in total. The van der Waals surface area contributed by atoms with Gasteiger partial charge in [0, 0.05) is 6.04 Å². The van der Waals surface area contributed by atoms with Crippen molar-refractivity contribution in [2.75, 3.05) is 13.7 Å². The zero-order valence-electron chi connectivity index (χ0n) is 9.92. The van der Waals surface area contributed by atoms with Gasteiger partial charge in [0.25, 0.3) is 0 Å². The van der Waals surface area contributed by atoms with Crippen LogP contribution >= 0.6 is 0 Å². The van der Waals surface area contributed by atoms with Crippen LogP contribution in [-0.4, -0.2) is 19.7 Å². The number of hydrogen-bond donors (Lipinski definition) is 1. The maximum atomic E-state index is 5.73. The highest BCUT2D eigenvalue weighted by atomic mass is 16.5. The molecule has 0 saturated carbocycles. The van der Waals surface area contributed by atoms with E-state index in [4.69, 9.17) is 4.74 Å². The molecule has 1 rings (SSSR count). The molecule has 15 heavy (non-hydrogen) atoms. The maximum absolute atomic E-state index is 5.73. The molecule has 1 atom stereocenters. The summed E-state index contributed by atoms with van der Waals surface area (Å²) in [7, 11) is 1.99. The van der Waals surface area contributed by atoms with Gasteiger partial charge >= 0.3 is 0 Å². The number of nitrogens with one attached hydrogen (secondary N) is 1. The largest absolute Gasteiger partial charge is 0.492 e. The second-order valence-electron chi connectivity index (χ2n) is 3.90. The number of hydrogen-bond acceptors (Lipinski definition) is 2. The van der Waals surface area contributed by atoms with Crippen LogP contribution in [0.4, 0.5) is 0 Å². The number of rotatable bonds is 6. The van der Waals surface area contributed by atoms with E-state index >= 15 is 0 Å². The Morgan fingerprint density at radius 1 is 1.40 bits per heavy atom. The lowest BCUT2D eigenvalue weighted by Gasteiger charge is -2.16. The lowest BCUT2D eigenvalue weighted by Crippen LogP contribution is -2.31. The molecule has 84 valence electrons. The molecule has 0 fully saturated rings. The van der Waals surface area contributed by atoms with Gasteiger partial charge in [-0.25, -0.2) is 0 Å². The molecule has 0 aliphatic heterocycles. The van der Waals surface area contributed by atoms with E-state index in [1.165, 1.54) is 12.0 Å². The highest BCUT2D eigenvalue weighted by Gasteiger charge is 2.05. The Balaban J connectivity index is 2.41. The summed E-state index contributed by atoms with van der Waals surface area (Å²) in [6.45, 7) is 5.01.